The number of hydrogen-bond acceptors (Lipinski definition) is 2. The molecule has 0 aliphatic heterocycles. The van der Waals surface area contributed by atoms with Crippen LogP contribution in [0.3, 0.4) is 0 Å². The van der Waals surface area contributed by atoms with Gasteiger partial charge < -0.3 is 10.1 Å². The van der Waals surface area contributed by atoms with E-state index >= 15 is 0 Å². The molecule has 0 fully saturated rings. The monoisotopic (exact) mass is 295 g/mol. The Balaban J connectivity index is 1.69. The smallest absolute Gasteiger partial charge is 0.255 e. The van der Waals surface area contributed by atoms with E-state index in [0.29, 0.717) is 5.56 Å². The summed E-state index contributed by atoms with van der Waals surface area (Å²) in [7, 11) is 0. The van der Waals surface area contributed by atoms with Gasteiger partial charge in [-0.25, -0.2) is 0 Å². The zero-order valence-corrected chi connectivity index (χ0v) is 13.1. The van der Waals surface area contributed by atoms with Crippen molar-refractivity contribution in [3.8, 4) is 5.75 Å². The van der Waals surface area contributed by atoms with Crippen molar-refractivity contribution in [2.45, 2.75) is 39.2 Å². The maximum absolute atomic E-state index is 12.3. The highest BCUT2D eigenvalue weighted by atomic mass is 16.5. The Kier molecular flexibility index (Phi) is 4.14. The molecular weight excluding hydrogens is 274 g/mol. The number of amides is 1. The highest BCUT2D eigenvalue weighted by Crippen LogP contribution is 2.25. The third-order valence-electron chi connectivity index (χ3n) is 3.84. The first kappa shape index (κ1) is 14.6. The number of nitrogens with one attached hydrogen (secondary N) is 1. The molecule has 3 nitrogen and oxygen atoms in total. The first-order valence-corrected chi connectivity index (χ1v) is 7.82. The van der Waals surface area contributed by atoms with E-state index in [1.165, 1.54) is 17.5 Å². The van der Waals surface area contributed by atoms with Crippen LogP contribution in [0.25, 0.3) is 0 Å². The maximum Gasteiger partial charge on any atom is 0.255 e. The number of carbonyl (C=O) groups excluding carboxylic acids is 1. The van der Waals surface area contributed by atoms with Gasteiger partial charge >= 0.3 is 0 Å². The molecule has 0 spiro atoms. The first-order chi connectivity index (χ1) is 10.6. The first-order valence-electron chi connectivity index (χ1n) is 7.82. The Labute approximate surface area is 131 Å². The molecule has 0 bridgehead atoms. The van der Waals surface area contributed by atoms with Crippen LogP contribution in [0.15, 0.2) is 42.5 Å². The normalized spacial score (nSPS) is 13.0. The van der Waals surface area contributed by atoms with Gasteiger partial charge in [-0.2, -0.15) is 0 Å². The fraction of sp³-hybridized carbons (Fsp3) is 0.316. The van der Waals surface area contributed by atoms with Gasteiger partial charge in [-0.1, -0.05) is 6.07 Å². The molecule has 0 heterocycles. The average molecular weight is 295 g/mol. The van der Waals surface area contributed by atoms with E-state index in [0.717, 1.165) is 24.3 Å². The van der Waals surface area contributed by atoms with Crippen LogP contribution in [-0.2, 0) is 12.8 Å². The summed E-state index contributed by atoms with van der Waals surface area (Å²) in [6, 6.07) is 13.4. The summed E-state index contributed by atoms with van der Waals surface area (Å²) >= 11 is 0. The summed E-state index contributed by atoms with van der Waals surface area (Å²) < 4.78 is 5.59. The number of rotatable bonds is 4. The number of carbonyl (C=O) groups is 1. The predicted octanol–water partition coefficient (Wildman–Crippen LogP) is 4.21. The molecule has 3 rings (SSSR count). The van der Waals surface area contributed by atoms with E-state index in [1.54, 1.807) is 12.1 Å². The zero-order chi connectivity index (χ0) is 15.5. The quantitative estimate of drug-likeness (QED) is 0.917. The molecule has 0 radical (unpaired) electrons. The number of benzene rings is 2. The van der Waals surface area contributed by atoms with Gasteiger partial charge in [0.05, 0.1) is 6.10 Å². The van der Waals surface area contributed by atoms with Gasteiger partial charge in [0.15, 0.2) is 0 Å². The van der Waals surface area contributed by atoms with Crippen molar-refractivity contribution in [3.05, 3.63) is 59.2 Å². The number of anilines is 1. The lowest BCUT2D eigenvalue weighted by Crippen LogP contribution is -2.12. The predicted molar refractivity (Wildman–Crippen MR) is 88.6 cm³/mol. The minimum atomic E-state index is -0.0888. The Hall–Kier alpha value is -2.29. The zero-order valence-electron chi connectivity index (χ0n) is 13.1. The largest absolute Gasteiger partial charge is 0.491 e. The van der Waals surface area contributed by atoms with Gasteiger partial charge in [0, 0.05) is 11.3 Å². The standard InChI is InChI=1S/C19H21NO2/c1-13(2)22-18-10-7-15(8-11-18)19(21)20-17-9-6-14-4-3-5-16(14)12-17/h6-13H,3-5H2,1-2H3,(H,20,21). The van der Waals surface area contributed by atoms with Gasteiger partial charge in [-0.05, 0) is 80.6 Å². The molecule has 0 aromatic heterocycles. The lowest BCUT2D eigenvalue weighted by Gasteiger charge is -2.10. The second-order valence-corrected chi connectivity index (χ2v) is 5.98. The molecular formula is C19H21NO2. The highest BCUT2D eigenvalue weighted by Gasteiger charge is 2.12. The van der Waals surface area contributed by atoms with E-state index in [2.05, 4.69) is 17.4 Å². The van der Waals surface area contributed by atoms with Crippen molar-refractivity contribution in [2.24, 2.45) is 0 Å². The molecule has 114 valence electrons. The highest BCUT2D eigenvalue weighted by molar-refractivity contribution is 6.04. The number of hydrogen-bond donors (Lipinski definition) is 1. The maximum atomic E-state index is 12.3. The number of fused-ring (bicyclic) bond motifs is 1. The van der Waals surface area contributed by atoms with Crippen LogP contribution in [0.5, 0.6) is 5.75 Å². The molecule has 0 atom stereocenters. The molecule has 3 heteroatoms. The molecule has 1 aliphatic rings. The summed E-state index contributed by atoms with van der Waals surface area (Å²) in [4.78, 5) is 12.3. The topological polar surface area (TPSA) is 38.3 Å². The van der Waals surface area contributed by atoms with E-state index < -0.39 is 0 Å². The third-order valence-corrected chi connectivity index (χ3v) is 3.84. The van der Waals surface area contributed by atoms with Crippen LogP contribution in [-0.4, -0.2) is 12.0 Å². The van der Waals surface area contributed by atoms with Crippen LogP contribution < -0.4 is 10.1 Å². The average Bonchev–Trinajstić information content (AvgIpc) is 2.95. The van der Waals surface area contributed by atoms with Crippen molar-refractivity contribution in [2.75, 3.05) is 5.32 Å². The second kappa shape index (κ2) is 6.22. The molecule has 1 aliphatic carbocycles. The van der Waals surface area contributed by atoms with Gasteiger partial charge in [0.1, 0.15) is 5.75 Å². The minimum Gasteiger partial charge on any atom is -0.491 e. The number of aryl methyl sites for hydroxylation is 2. The Bertz CT molecular complexity index is 674. The summed E-state index contributed by atoms with van der Waals surface area (Å²) in [5, 5.41) is 2.97. The summed E-state index contributed by atoms with van der Waals surface area (Å²) in [6.07, 6.45) is 3.61. The lowest BCUT2D eigenvalue weighted by molar-refractivity contribution is 0.102. The lowest BCUT2D eigenvalue weighted by atomic mass is 10.1. The molecule has 2 aromatic carbocycles. The summed E-state index contributed by atoms with van der Waals surface area (Å²) in [5.74, 6) is 0.693. The van der Waals surface area contributed by atoms with E-state index in [1.807, 2.05) is 32.0 Å². The van der Waals surface area contributed by atoms with Crippen LogP contribution >= 0.6 is 0 Å². The SMILES string of the molecule is CC(C)Oc1ccc(C(=O)Nc2ccc3c(c2)CCC3)cc1. The van der Waals surface area contributed by atoms with Gasteiger partial charge in [-0.3, -0.25) is 4.79 Å². The fourth-order valence-corrected chi connectivity index (χ4v) is 2.81. The molecule has 0 unspecified atom stereocenters. The van der Waals surface area contributed by atoms with Crippen LogP contribution in [0.4, 0.5) is 5.69 Å². The summed E-state index contributed by atoms with van der Waals surface area (Å²) in [6.45, 7) is 3.96. The van der Waals surface area contributed by atoms with Crippen molar-refractivity contribution in [3.63, 3.8) is 0 Å². The van der Waals surface area contributed by atoms with Crippen molar-refractivity contribution in [1.82, 2.24) is 0 Å². The van der Waals surface area contributed by atoms with Crippen molar-refractivity contribution >= 4 is 11.6 Å². The number of ether oxygens (including phenoxy) is 1. The Morgan fingerprint density at radius 1 is 1.05 bits per heavy atom. The molecule has 2 aromatic rings. The minimum absolute atomic E-state index is 0.0888. The molecule has 22 heavy (non-hydrogen) atoms. The van der Waals surface area contributed by atoms with E-state index in [9.17, 15) is 4.79 Å². The van der Waals surface area contributed by atoms with Crippen LogP contribution in [0.2, 0.25) is 0 Å². The van der Waals surface area contributed by atoms with Crippen molar-refractivity contribution in [1.29, 1.82) is 0 Å². The molecule has 0 saturated carbocycles. The van der Waals surface area contributed by atoms with Gasteiger partial charge in [0.25, 0.3) is 5.91 Å². The Morgan fingerprint density at radius 2 is 1.77 bits per heavy atom. The third kappa shape index (κ3) is 3.30. The molecule has 1 amide bonds. The van der Waals surface area contributed by atoms with Crippen LogP contribution in [0, 0.1) is 0 Å². The van der Waals surface area contributed by atoms with E-state index in [-0.39, 0.29) is 12.0 Å². The molecule has 1 N–H and O–H groups in total. The van der Waals surface area contributed by atoms with Crippen molar-refractivity contribution < 1.29 is 9.53 Å². The summed E-state index contributed by atoms with van der Waals surface area (Å²) in [5.41, 5.74) is 4.27. The van der Waals surface area contributed by atoms with E-state index in [4.69, 9.17) is 4.74 Å². The fourth-order valence-electron chi connectivity index (χ4n) is 2.81. The molecule has 0 saturated heterocycles. The van der Waals surface area contributed by atoms with Gasteiger partial charge in [0.2, 0.25) is 0 Å². The van der Waals surface area contributed by atoms with Crippen LogP contribution in [0.1, 0.15) is 41.8 Å². The Morgan fingerprint density at radius 3 is 2.50 bits per heavy atom. The second-order valence-electron chi connectivity index (χ2n) is 5.98. The van der Waals surface area contributed by atoms with Gasteiger partial charge in [-0.15, -0.1) is 0 Å².